The van der Waals surface area contributed by atoms with Crippen LogP contribution < -0.4 is 15.2 Å². The normalized spacial score (nSPS) is 14.1. The number of Topliss-reactive ketones (excluding diaryl/α,β-unsaturated/α-hetero) is 1. The van der Waals surface area contributed by atoms with Gasteiger partial charge in [-0.25, -0.2) is 4.79 Å². The predicted octanol–water partition coefficient (Wildman–Crippen LogP) is 2.06. The largest absolute Gasteiger partial charge is 0.454 e. The number of aromatic nitrogens is 2. The Morgan fingerprint density at radius 2 is 2.05 bits per heavy atom. The number of ketones is 1. The molecule has 0 spiro atoms. The Morgan fingerprint density at radius 1 is 1.27 bits per heavy atom. The van der Waals surface area contributed by atoms with Gasteiger partial charge in [-0.2, -0.15) is 0 Å². The molecule has 1 atom stereocenters. The SMILES string of the molecule is CCc1[nH]c(=O)[nH]c1C(=O)C(C)Cc1ccc2c(c1)OCO2. The van der Waals surface area contributed by atoms with Crippen LogP contribution in [0, 0.1) is 5.92 Å². The highest BCUT2D eigenvalue weighted by atomic mass is 16.7. The van der Waals surface area contributed by atoms with E-state index in [4.69, 9.17) is 9.47 Å². The molecular formula is C16H18N2O4. The van der Waals surface area contributed by atoms with Crippen molar-refractivity contribution in [2.45, 2.75) is 26.7 Å². The molecule has 0 fully saturated rings. The molecule has 0 saturated carbocycles. The molecule has 0 radical (unpaired) electrons. The smallest absolute Gasteiger partial charge is 0.323 e. The maximum atomic E-state index is 12.5. The Labute approximate surface area is 127 Å². The number of carbonyl (C=O) groups is 1. The van der Waals surface area contributed by atoms with Crippen molar-refractivity contribution < 1.29 is 14.3 Å². The van der Waals surface area contributed by atoms with E-state index in [1.165, 1.54) is 0 Å². The van der Waals surface area contributed by atoms with Crippen molar-refractivity contribution in [2.24, 2.45) is 5.92 Å². The number of hydrogen-bond donors (Lipinski definition) is 2. The van der Waals surface area contributed by atoms with Gasteiger partial charge >= 0.3 is 5.69 Å². The number of H-pyrrole nitrogens is 2. The summed E-state index contributed by atoms with van der Waals surface area (Å²) in [6, 6.07) is 5.68. The molecule has 116 valence electrons. The zero-order chi connectivity index (χ0) is 15.7. The maximum Gasteiger partial charge on any atom is 0.323 e. The molecule has 1 aromatic heterocycles. The number of fused-ring (bicyclic) bond motifs is 1. The second-order valence-electron chi connectivity index (χ2n) is 5.44. The molecule has 0 saturated heterocycles. The standard InChI is InChI=1S/C16H18N2O4/c1-3-11-14(18-16(20)17-11)15(19)9(2)6-10-4-5-12-13(7-10)22-8-21-12/h4-5,7,9H,3,6,8H2,1-2H3,(H2,17,18,20). The molecule has 1 unspecified atom stereocenters. The highest BCUT2D eigenvalue weighted by Gasteiger charge is 2.22. The Morgan fingerprint density at radius 3 is 2.82 bits per heavy atom. The average Bonchev–Trinajstić information content (AvgIpc) is 3.11. The van der Waals surface area contributed by atoms with E-state index in [2.05, 4.69) is 9.97 Å². The Bertz CT molecular complexity index is 760. The molecule has 1 aliphatic rings. The quantitative estimate of drug-likeness (QED) is 0.828. The minimum atomic E-state index is -0.338. The van der Waals surface area contributed by atoms with Crippen molar-refractivity contribution in [3.63, 3.8) is 0 Å². The van der Waals surface area contributed by atoms with E-state index in [9.17, 15) is 9.59 Å². The highest BCUT2D eigenvalue weighted by Crippen LogP contribution is 2.33. The van der Waals surface area contributed by atoms with E-state index in [0.717, 1.165) is 11.3 Å². The predicted molar refractivity (Wildman–Crippen MR) is 80.6 cm³/mol. The zero-order valence-electron chi connectivity index (χ0n) is 12.6. The fourth-order valence-electron chi connectivity index (χ4n) is 2.66. The lowest BCUT2D eigenvalue weighted by Gasteiger charge is -2.11. The molecule has 6 heteroatoms. The Hall–Kier alpha value is -2.50. The number of carbonyl (C=O) groups excluding carboxylic acids is 1. The first-order valence-electron chi connectivity index (χ1n) is 7.32. The summed E-state index contributed by atoms with van der Waals surface area (Å²) in [7, 11) is 0. The zero-order valence-corrected chi connectivity index (χ0v) is 12.6. The summed E-state index contributed by atoms with van der Waals surface area (Å²) in [4.78, 5) is 29.2. The van der Waals surface area contributed by atoms with Crippen molar-refractivity contribution in [1.29, 1.82) is 0 Å². The van der Waals surface area contributed by atoms with E-state index in [0.29, 0.717) is 30.0 Å². The molecule has 2 heterocycles. The van der Waals surface area contributed by atoms with Gasteiger partial charge in [-0.15, -0.1) is 0 Å². The molecule has 0 amide bonds. The van der Waals surface area contributed by atoms with Crippen LogP contribution >= 0.6 is 0 Å². The number of benzene rings is 1. The highest BCUT2D eigenvalue weighted by molar-refractivity contribution is 5.97. The number of hydrogen-bond acceptors (Lipinski definition) is 4. The van der Waals surface area contributed by atoms with Gasteiger partial charge in [-0.1, -0.05) is 19.9 Å². The van der Waals surface area contributed by atoms with Crippen LogP contribution in [0.2, 0.25) is 0 Å². The van der Waals surface area contributed by atoms with Crippen LogP contribution in [0.4, 0.5) is 0 Å². The van der Waals surface area contributed by atoms with Gasteiger partial charge in [0.1, 0.15) is 5.69 Å². The third-order valence-electron chi connectivity index (χ3n) is 3.83. The van der Waals surface area contributed by atoms with Crippen molar-refractivity contribution in [3.8, 4) is 11.5 Å². The van der Waals surface area contributed by atoms with Crippen molar-refractivity contribution >= 4 is 5.78 Å². The van der Waals surface area contributed by atoms with Gasteiger partial charge in [0.15, 0.2) is 17.3 Å². The van der Waals surface area contributed by atoms with Crippen molar-refractivity contribution in [2.75, 3.05) is 6.79 Å². The monoisotopic (exact) mass is 302 g/mol. The lowest BCUT2D eigenvalue weighted by molar-refractivity contribution is 0.0923. The summed E-state index contributed by atoms with van der Waals surface area (Å²) in [6.07, 6.45) is 1.18. The molecule has 6 nitrogen and oxygen atoms in total. The minimum absolute atomic E-state index is 0.0622. The van der Waals surface area contributed by atoms with Gasteiger partial charge in [-0.3, -0.25) is 4.79 Å². The Balaban J connectivity index is 1.77. The number of nitrogens with one attached hydrogen (secondary N) is 2. The molecule has 22 heavy (non-hydrogen) atoms. The average molecular weight is 302 g/mol. The summed E-state index contributed by atoms with van der Waals surface area (Å²) in [6.45, 7) is 3.99. The van der Waals surface area contributed by atoms with Crippen LogP contribution in [0.1, 0.15) is 35.6 Å². The molecule has 1 aromatic carbocycles. The van der Waals surface area contributed by atoms with E-state index in [-0.39, 0.29) is 24.2 Å². The van der Waals surface area contributed by atoms with Crippen LogP contribution in [-0.2, 0) is 12.8 Å². The van der Waals surface area contributed by atoms with E-state index in [1.807, 2.05) is 32.0 Å². The number of aromatic amines is 2. The van der Waals surface area contributed by atoms with Gasteiger partial charge in [0.05, 0.1) is 0 Å². The number of rotatable bonds is 5. The Kier molecular flexibility index (Phi) is 3.75. The lowest BCUT2D eigenvalue weighted by Crippen LogP contribution is -2.16. The fraction of sp³-hybridized carbons (Fsp3) is 0.375. The van der Waals surface area contributed by atoms with Crippen LogP contribution in [0.25, 0.3) is 0 Å². The molecule has 0 aliphatic carbocycles. The third-order valence-corrected chi connectivity index (χ3v) is 3.83. The van der Waals surface area contributed by atoms with Gasteiger partial charge in [0, 0.05) is 11.6 Å². The first-order valence-corrected chi connectivity index (χ1v) is 7.32. The molecule has 3 rings (SSSR count). The topological polar surface area (TPSA) is 84.2 Å². The van der Waals surface area contributed by atoms with Crippen molar-refractivity contribution in [1.82, 2.24) is 9.97 Å². The summed E-state index contributed by atoms with van der Waals surface area (Å²) in [5, 5.41) is 0. The fourth-order valence-corrected chi connectivity index (χ4v) is 2.66. The van der Waals surface area contributed by atoms with E-state index in [1.54, 1.807) is 0 Å². The van der Waals surface area contributed by atoms with Crippen LogP contribution in [-0.4, -0.2) is 22.5 Å². The summed E-state index contributed by atoms with van der Waals surface area (Å²) >= 11 is 0. The molecule has 1 aliphatic heterocycles. The minimum Gasteiger partial charge on any atom is -0.454 e. The molecule has 2 aromatic rings. The van der Waals surface area contributed by atoms with E-state index >= 15 is 0 Å². The van der Waals surface area contributed by atoms with Crippen molar-refractivity contribution in [3.05, 3.63) is 45.6 Å². The summed E-state index contributed by atoms with van der Waals surface area (Å²) < 4.78 is 10.6. The van der Waals surface area contributed by atoms with Crippen LogP contribution in [0.5, 0.6) is 11.5 Å². The van der Waals surface area contributed by atoms with Gasteiger partial charge in [0.2, 0.25) is 6.79 Å². The number of ether oxygens (including phenoxy) is 2. The van der Waals surface area contributed by atoms with E-state index < -0.39 is 0 Å². The van der Waals surface area contributed by atoms with Gasteiger partial charge in [0.25, 0.3) is 0 Å². The summed E-state index contributed by atoms with van der Waals surface area (Å²) in [5.41, 5.74) is 1.71. The number of imidazole rings is 1. The molecule has 2 N–H and O–H groups in total. The van der Waals surface area contributed by atoms with Gasteiger partial charge < -0.3 is 19.4 Å². The van der Waals surface area contributed by atoms with Crippen LogP contribution in [0.15, 0.2) is 23.0 Å². The van der Waals surface area contributed by atoms with Crippen LogP contribution in [0.3, 0.4) is 0 Å². The second kappa shape index (κ2) is 5.71. The third kappa shape index (κ3) is 2.64. The maximum absolute atomic E-state index is 12.5. The molecular weight excluding hydrogens is 284 g/mol. The summed E-state index contributed by atoms with van der Waals surface area (Å²) in [5.74, 6) is 1.14. The number of aryl methyl sites for hydroxylation is 1. The first-order chi connectivity index (χ1) is 10.6. The lowest BCUT2D eigenvalue weighted by atomic mass is 9.94. The first kappa shape index (κ1) is 14.4. The molecule has 0 bridgehead atoms. The van der Waals surface area contributed by atoms with Gasteiger partial charge in [-0.05, 0) is 30.5 Å². The second-order valence-corrected chi connectivity index (χ2v) is 5.44.